The molecule has 0 aliphatic heterocycles. The van der Waals surface area contributed by atoms with E-state index < -0.39 is 0 Å². The molecule has 2 N–H and O–H groups in total. The van der Waals surface area contributed by atoms with E-state index in [0.717, 1.165) is 35.3 Å². The number of hydrogen-bond acceptors (Lipinski definition) is 3. The molecule has 4 heteroatoms. The highest BCUT2D eigenvalue weighted by Crippen LogP contribution is 2.24. The average molecular weight is 279 g/mol. The van der Waals surface area contributed by atoms with Gasteiger partial charge in [-0.25, -0.2) is 0 Å². The fraction of sp³-hybridized carbons (Fsp3) is 0.562. The summed E-state index contributed by atoms with van der Waals surface area (Å²) in [4.78, 5) is 11.8. The lowest BCUT2D eigenvalue weighted by Gasteiger charge is -2.17. The number of hydrogen-bond donors (Lipinski definition) is 2. The Morgan fingerprint density at radius 1 is 1.25 bits per heavy atom. The maximum Gasteiger partial charge on any atom is 0.258 e. The topological polar surface area (TPSA) is 58.6 Å². The number of amides is 1. The molecule has 0 spiro atoms. The van der Waals surface area contributed by atoms with Gasteiger partial charge in [-0.1, -0.05) is 26.0 Å². The van der Waals surface area contributed by atoms with Crippen molar-refractivity contribution in [3.05, 3.63) is 28.8 Å². The fourth-order valence-electron chi connectivity index (χ4n) is 2.26. The molecule has 20 heavy (non-hydrogen) atoms. The minimum atomic E-state index is -0.0938. The Kier molecular flexibility index (Phi) is 6.52. The summed E-state index contributed by atoms with van der Waals surface area (Å²) in [5, 5.41) is 12.1. The SMILES string of the molecule is CCC(CC)NC(=O)COc1c(C)cc(CO)cc1C. The Morgan fingerprint density at radius 2 is 1.80 bits per heavy atom. The molecule has 0 aliphatic carbocycles. The quantitative estimate of drug-likeness (QED) is 0.806. The van der Waals surface area contributed by atoms with Gasteiger partial charge >= 0.3 is 0 Å². The average Bonchev–Trinajstić information content (AvgIpc) is 2.43. The van der Waals surface area contributed by atoms with E-state index in [1.165, 1.54) is 0 Å². The maximum atomic E-state index is 11.8. The van der Waals surface area contributed by atoms with Crippen LogP contribution in [0.25, 0.3) is 0 Å². The molecule has 0 radical (unpaired) electrons. The van der Waals surface area contributed by atoms with Crippen molar-refractivity contribution < 1.29 is 14.6 Å². The van der Waals surface area contributed by atoms with Crippen LogP contribution < -0.4 is 10.1 Å². The van der Waals surface area contributed by atoms with Crippen LogP contribution in [0.5, 0.6) is 5.75 Å². The van der Waals surface area contributed by atoms with Crippen molar-refractivity contribution in [2.45, 2.75) is 53.2 Å². The maximum absolute atomic E-state index is 11.8. The summed E-state index contributed by atoms with van der Waals surface area (Å²) in [6.07, 6.45) is 1.84. The molecule has 0 aliphatic rings. The van der Waals surface area contributed by atoms with Gasteiger partial charge in [-0.2, -0.15) is 0 Å². The number of rotatable bonds is 7. The Hall–Kier alpha value is -1.55. The Morgan fingerprint density at radius 3 is 2.25 bits per heavy atom. The zero-order chi connectivity index (χ0) is 15.1. The van der Waals surface area contributed by atoms with Gasteiger partial charge in [-0.05, 0) is 43.4 Å². The third-order valence-electron chi connectivity index (χ3n) is 3.40. The van der Waals surface area contributed by atoms with Crippen LogP contribution in [-0.4, -0.2) is 23.7 Å². The molecule has 0 fully saturated rings. The molecule has 112 valence electrons. The van der Waals surface area contributed by atoms with E-state index in [-0.39, 0.29) is 25.2 Å². The van der Waals surface area contributed by atoms with Gasteiger partial charge in [-0.3, -0.25) is 4.79 Å². The number of carbonyl (C=O) groups excluding carboxylic acids is 1. The van der Waals surface area contributed by atoms with Gasteiger partial charge in [0.1, 0.15) is 5.75 Å². The Labute approximate surface area is 121 Å². The summed E-state index contributed by atoms with van der Waals surface area (Å²) < 4.78 is 5.63. The van der Waals surface area contributed by atoms with Crippen molar-refractivity contribution in [3.8, 4) is 5.75 Å². The number of aryl methyl sites for hydroxylation is 2. The highest BCUT2D eigenvalue weighted by atomic mass is 16.5. The molecule has 0 saturated heterocycles. The second kappa shape index (κ2) is 7.90. The Balaban J connectivity index is 2.64. The van der Waals surface area contributed by atoms with Crippen LogP contribution in [0, 0.1) is 13.8 Å². The van der Waals surface area contributed by atoms with E-state index in [1.807, 2.05) is 26.0 Å². The number of aliphatic hydroxyl groups is 1. The van der Waals surface area contributed by atoms with Crippen molar-refractivity contribution in [1.29, 1.82) is 0 Å². The molecule has 0 heterocycles. The second-order valence-corrected chi connectivity index (χ2v) is 5.09. The summed E-state index contributed by atoms with van der Waals surface area (Å²) in [5.41, 5.74) is 2.72. The lowest BCUT2D eigenvalue weighted by atomic mass is 10.1. The smallest absolute Gasteiger partial charge is 0.258 e. The zero-order valence-electron chi connectivity index (χ0n) is 12.8. The van der Waals surface area contributed by atoms with E-state index in [9.17, 15) is 4.79 Å². The number of carbonyl (C=O) groups is 1. The standard InChI is InChI=1S/C16H25NO3/c1-5-14(6-2)17-15(19)10-20-16-11(3)7-13(9-18)8-12(16)4/h7-8,14,18H,5-6,9-10H2,1-4H3,(H,17,19). The van der Waals surface area contributed by atoms with Crippen molar-refractivity contribution in [2.75, 3.05) is 6.61 Å². The lowest BCUT2D eigenvalue weighted by Crippen LogP contribution is -2.37. The summed E-state index contributed by atoms with van der Waals surface area (Å²) in [6, 6.07) is 3.97. The number of nitrogens with one attached hydrogen (secondary N) is 1. The van der Waals surface area contributed by atoms with Gasteiger partial charge in [0, 0.05) is 6.04 Å². The van der Waals surface area contributed by atoms with Crippen molar-refractivity contribution in [2.24, 2.45) is 0 Å². The van der Waals surface area contributed by atoms with E-state index in [1.54, 1.807) is 0 Å². The van der Waals surface area contributed by atoms with Crippen LogP contribution in [0.1, 0.15) is 43.4 Å². The molecular formula is C16H25NO3. The third-order valence-corrected chi connectivity index (χ3v) is 3.40. The molecule has 0 unspecified atom stereocenters. The van der Waals surface area contributed by atoms with E-state index >= 15 is 0 Å². The first-order chi connectivity index (χ1) is 9.51. The summed E-state index contributed by atoms with van der Waals surface area (Å²) in [6.45, 7) is 7.97. The van der Waals surface area contributed by atoms with E-state index in [2.05, 4.69) is 19.2 Å². The van der Waals surface area contributed by atoms with Crippen LogP contribution in [0.3, 0.4) is 0 Å². The lowest BCUT2D eigenvalue weighted by molar-refractivity contribution is -0.123. The van der Waals surface area contributed by atoms with Crippen molar-refractivity contribution >= 4 is 5.91 Å². The van der Waals surface area contributed by atoms with Crippen molar-refractivity contribution in [1.82, 2.24) is 5.32 Å². The first-order valence-electron chi connectivity index (χ1n) is 7.14. The molecular weight excluding hydrogens is 254 g/mol. The third kappa shape index (κ3) is 4.53. The largest absolute Gasteiger partial charge is 0.483 e. The fourth-order valence-corrected chi connectivity index (χ4v) is 2.26. The number of ether oxygens (including phenoxy) is 1. The zero-order valence-corrected chi connectivity index (χ0v) is 12.8. The minimum Gasteiger partial charge on any atom is -0.483 e. The van der Waals surface area contributed by atoms with Gasteiger partial charge in [0.05, 0.1) is 6.61 Å². The highest BCUT2D eigenvalue weighted by Gasteiger charge is 2.11. The molecule has 0 aromatic heterocycles. The molecule has 0 bridgehead atoms. The number of benzene rings is 1. The van der Waals surface area contributed by atoms with Crippen molar-refractivity contribution in [3.63, 3.8) is 0 Å². The van der Waals surface area contributed by atoms with Crippen LogP contribution in [-0.2, 0) is 11.4 Å². The van der Waals surface area contributed by atoms with Gasteiger partial charge < -0.3 is 15.2 Å². The molecule has 1 aromatic carbocycles. The first-order valence-corrected chi connectivity index (χ1v) is 7.14. The highest BCUT2D eigenvalue weighted by molar-refractivity contribution is 5.77. The molecule has 1 aromatic rings. The molecule has 4 nitrogen and oxygen atoms in total. The van der Waals surface area contributed by atoms with Gasteiger partial charge in [0.15, 0.2) is 6.61 Å². The normalized spacial score (nSPS) is 10.7. The monoisotopic (exact) mass is 279 g/mol. The van der Waals surface area contributed by atoms with E-state index in [4.69, 9.17) is 9.84 Å². The predicted molar refractivity (Wildman–Crippen MR) is 79.8 cm³/mol. The molecule has 0 saturated carbocycles. The van der Waals surface area contributed by atoms with Gasteiger partial charge in [0.2, 0.25) is 0 Å². The van der Waals surface area contributed by atoms with Gasteiger partial charge in [-0.15, -0.1) is 0 Å². The van der Waals surface area contributed by atoms with E-state index in [0.29, 0.717) is 0 Å². The van der Waals surface area contributed by atoms with Crippen LogP contribution in [0.2, 0.25) is 0 Å². The molecule has 0 atom stereocenters. The van der Waals surface area contributed by atoms with Crippen LogP contribution in [0.4, 0.5) is 0 Å². The second-order valence-electron chi connectivity index (χ2n) is 5.09. The Bertz CT molecular complexity index is 430. The molecule has 1 rings (SSSR count). The predicted octanol–water partition coefficient (Wildman–Crippen LogP) is 2.48. The van der Waals surface area contributed by atoms with Crippen LogP contribution in [0.15, 0.2) is 12.1 Å². The number of aliphatic hydroxyl groups excluding tert-OH is 1. The minimum absolute atomic E-state index is 0.0110. The summed E-state index contributed by atoms with van der Waals surface area (Å²) >= 11 is 0. The summed E-state index contributed by atoms with van der Waals surface area (Å²) in [5.74, 6) is 0.630. The summed E-state index contributed by atoms with van der Waals surface area (Å²) in [7, 11) is 0. The van der Waals surface area contributed by atoms with Crippen LogP contribution >= 0.6 is 0 Å². The molecule has 1 amide bonds. The van der Waals surface area contributed by atoms with Gasteiger partial charge in [0.25, 0.3) is 5.91 Å². The first kappa shape index (κ1) is 16.5.